The van der Waals surface area contributed by atoms with E-state index in [2.05, 4.69) is 11.9 Å². The van der Waals surface area contributed by atoms with E-state index in [0.29, 0.717) is 0 Å². The van der Waals surface area contributed by atoms with E-state index in [1.54, 1.807) is 6.20 Å². The monoisotopic (exact) mass is 199 g/mol. The van der Waals surface area contributed by atoms with E-state index in [4.69, 9.17) is 0 Å². The number of nitrogens with zero attached hydrogens (tertiary/aromatic N) is 1. The predicted octanol–water partition coefficient (Wildman–Crippen LogP) is -0.852. The van der Waals surface area contributed by atoms with Crippen molar-refractivity contribution in [3.8, 4) is 0 Å². The Morgan fingerprint density at radius 2 is 1.75 bits per heavy atom. The van der Waals surface area contributed by atoms with Gasteiger partial charge < -0.3 is 0 Å². The Labute approximate surface area is 112 Å². The molecule has 0 radical (unpaired) electrons. The summed E-state index contributed by atoms with van der Waals surface area (Å²) in [5.74, 6) is 0. The minimum absolute atomic E-state index is 0. The minimum atomic E-state index is -3.67. The number of rotatable bonds is 0. The standard InChI is InChI=1S/C6H6N.BF3.K/c1-6-4-2-3-5-7-6;2-1(3)4;/h2-5H,1H2;;/q-1;;+1. The summed E-state index contributed by atoms with van der Waals surface area (Å²) in [4.78, 5) is 3.87. The average Bonchev–Trinajstić information content (AvgIpc) is 1.87. The molecule has 0 bridgehead atoms. The fourth-order valence-electron chi connectivity index (χ4n) is 0.398. The van der Waals surface area contributed by atoms with Crippen molar-refractivity contribution >= 4 is 7.54 Å². The number of hydrogen-bond donors (Lipinski definition) is 0. The molecule has 0 spiro atoms. The van der Waals surface area contributed by atoms with Gasteiger partial charge in [-0.1, -0.05) is 6.07 Å². The third-order valence-electron chi connectivity index (χ3n) is 0.726. The Bertz CT molecular complexity index is 183. The summed E-state index contributed by atoms with van der Waals surface area (Å²) in [6.45, 7) is 3.61. The van der Waals surface area contributed by atoms with Crippen LogP contribution in [-0.2, 0) is 0 Å². The third-order valence-corrected chi connectivity index (χ3v) is 0.726. The Morgan fingerprint density at radius 3 is 1.92 bits per heavy atom. The molecule has 0 N–H and O–H groups in total. The van der Waals surface area contributed by atoms with Gasteiger partial charge in [0.15, 0.2) is 0 Å². The summed E-state index contributed by atoms with van der Waals surface area (Å²) in [6.07, 6.45) is 1.72. The van der Waals surface area contributed by atoms with E-state index in [0.717, 1.165) is 5.69 Å². The summed E-state index contributed by atoms with van der Waals surface area (Å²) in [6, 6.07) is 5.64. The van der Waals surface area contributed by atoms with Gasteiger partial charge in [-0.25, -0.2) is 6.92 Å². The molecule has 60 valence electrons. The Hall–Kier alpha value is 0.511. The number of halogens is 3. The van der Waals surface area contributed by atoms with Crippen LogP contribution in [0.5, 0.6) is 0 Å². The fraction of sp³-hybridized carbons (Fsp3) is 0. The molecule has 0 unspecified atom stereocenters. The summed E-state index contributed by atoms with van der Waals surface area (Å²) in [5, 5.41) is 0. The van der Waals surface area contributed by atoms with E-state index >= 15 is 0 Å². The molecule has 0 saturated heterocycles. The van der Waals surface area contributed by atoms with E-state index in [-0.39, 0.29) is 51.4 Å². The minimum Gasteiger partial charge on any atom is -0.296 e. The van der Waals surface area contributed by atoms with Crippen molar-refractivity contribution in [3.63, 3.8) is 0 Å². The second-order valence-corrected chi connectivity index (χ2v) is 1.57. The second kappa shape index (κ2) is 9.60. The summed E-state index contributed by atoms with van der Waals surface area (Å²) in [7, 11) is -3.67. The molecule has 0 aliphatic heterocycles. The van der Waals surface area contributed by atoms with Gasteiger partial charge in [-0.05, 0) is 0 Å². The molecule has 0 aliphatic carbocycles. The zero-order valence-corrected chi connectivity index (χ0v) is 9.80. The smallest absolute Gasteiger partial charge is 0.296 e. The molecule has 0 atom stereocenters. The Morgan fingerprint density at radius 1 is 1.25 bits per heavy atom. The molecule has 1 heterocycles. The molecule has 1 rings (SSSR count). The van der Waals surface area contributed by atoms with Gasteiger partial charge in [-0.2, -0.15) is 6.07 Å². The second-order valence-electron chi connectivity index (χ2n) is 1.57. The number of aromatic nitrogens is 1. The molecule has 0 aliphatic rings. The van der Waals surface area contributed by atoms with E-state index in [1.807, 2.05) is 18.2 Å². The van der Waals surface area contributed by atoms with Crippen LogP contribution < -0.4 is 51.4 Å². The van der Waals surface area contributed by atoms with E-state index in [1.165, 1.54) is 0 Å². The number of pyridine rings is 1. The predicted molar refractivity (Wildman–Crippen MR) is 37.8 cm³/mol. The van der Waals surface area contributed by atoms with Crippen LogP contribution in [0.4, 0.5) is 12.9 Å². The molecular formula is C6H6BF3KN. The van der Waals surface area contributed by atoms with Crippen LogP contribution in [0.25, 0.3) is 0 Å². The summed E-state index contributed by atoms with van der Waals surface area (Å²) >= 11 is 0. The van der Waals surface area contributed by atoms with Crippen molar-refractivity contribution in [2.45, 2.75) is 0 Å². The SMILES string of the molecule is FB(F)F.[CH2-]c1ccccn1.[K+]. The maximum absolute atomic E-state index is 9.67. The topological polar surface area (TPSA) is 12.9 Å². The van der Waals surface area contributed by atoms with Gasteiger partial charge in [-0.3, -0.25) is 17.9 Å². The fourth-order valence-corrected chi connectivity index (χ4v) is 0.398. The molecular weight excluding hydrogens is 193 g/mol. The third kappa shape index (κ3) is 13.1. The Kier molecular flexibility index (Phi) is 12.0. The molecule has 1 aromatic heterocycles. The molecule has 0 fully saturated rings. The van der Waals surface area contributed by atoms with Crippen LogP contribution in [0.1, 0.15) is 5.69 Å². The normalized spacial score (nSPS) is 7.25. The van der Waals surface area contributed by atoms with Crippen molar-refractivity contribution < 1.29 is 64.3 Å². The maximum atomic E-state index is 9.67. The first-order valence-corrected chi connectivity index (χ1v) is 2.78. The Balaban J connectivity index is 0. The van der Waals surface area contributed by atoms with Gasteiger partial charge in [0.25, 0.3) is 0 Å². The molecule has 1 nitrogen and oxygen atoms in total. The first-order chi connectivity index (χ1) is 5.13. The van der Waals surface area contributed by atoms with Crippen LogP contribution in [0.15, 0.2) is 24.4 Å². The largest absolute Gasteiger partial charge is 1.00 e. The first kappa shape index (κ1) is 15.0. The van der Waals surface area contributed by atoms with Crippen LogP contribution in [-0.4, -0.2) is 12.5 Å². The molecule has 0 aromatic carbocycles. The van der Waals surface area contributed by atoms with Crippen molar-refractivity contribution in [1.29, 1.82) is 0 Å². The molecule has 12 heavy (non-hydrogen) atoms. The van der Waals surface area contributed by atoms with Crippen LogP contribution in [0, 0.1) is 6.92 Å². The summed E-state index contributed by atoms with van der Waals surface area (Å²) < 4.78 is 29.0. The van der Waals surface area contributed by atoms with Crippen LogP contribution in [0.3, 0.4) is 0 Å². The van der Waals surface area contributed by atoms with Crippen molar-refractivity contribution in [1.82, 2.24) is 4.98 Å². The van der Waals surface area contributed by atoms with Crippen LogP contribution in [0.2, 0.25) is 0 Å². The van der Waals surface area contributed by atoms with Gasteiger partial charge in [0, 0.05) is 6.20 Å². The zero-order chi connectivity index (χ0) is 8.69. The van der Waals surface area contributed by atoms with Crippen molar-refractivity contribution in [3.05, 3.63) is 37.0 Å². The van der Waals surface area contributed by atoms with Gasteiger partial charge >= 0.3 is 58.9 Å². The molecule has 0 saturated carbocycles. The zero-order valence-electron chi connectivity index (χ0n) is 6.67. The van der Waals surface area contributed by atoms with Crippen LogP contribution >= 0.6 is 0 Å². The van der Waals surface area contributed by atoms with Gasteiger partial charge in [0.1, 0.15) is 0 Å². The quantitative estimate of drug-likeness (QED) is 0.391. The van der Waals surface area contributed by atoms with Gasteiger partial charge in [-0.15, -0.1) is 11.8 Å². The number of hydrogen-bond acceptors (Lipinski definition) is 1. The van der Waals surface area contributed by atoms with Gasteiger partial charge in [0.2, 0.25) is 0 Å². The molecule has 0 amide bonds. The van der Waals surface area contributed by atoms with E-state index in [9.17, 15) is 12.9 Å². The first-order valence-electron chi connectivity index (χ1n) is 2.78. The average molecular weight is 199 g/mol. The van der Waals surface area contributed by atoms with Crippen molar-refractivity contribution in [2.24, 2.45) is 0 Å². The van der Waals surface area contributed by atoms with Crippen molar-refractivity contribution in [2.75, 3.05) is 0 Å². The molecule has 1 aromatic rings. The van der Waals surface area contributed by atoms with Gasteiger partial charge in [0.05, 0.1) is 0 Å². The summed E-state index contributed by atoms with van der Waals surface area (Å²) in [5.41, 5.74) is 0.822. The maximum Gasteiger partial charge on any atom is 1.00 e. The van der Waals surface area contributed by atoms with E-state index < -0.39 is 7.54 Å². The molecule has 6 heteroatoms.